The van der Waals surface area contributed by atoms with Crippen molar-refractivity contribution in [3.05, 3.63) is 0 Å². The molecule has 72 valence electrons. The van der Waals surface area contributed by atoms with Crippen LogP contribution in [0.5, 0.6) is 0 Å². The molecule has 9 heteroatoms. The fraction of sp³-hybridized carbons (Fsp3) is 0.667. The Kier molecular flexibility index (Phi) is 3.25. The van der Waals surface area contributed by atoms with E-state index in [4.69, 9.17) is 0 Å². The van der Waals surface area contributed by atoms with Gasteiger partial charge >= 0.3 is 17.7 Å². The summed E-state index contributed by atoms with van der Waals surface area (Å²) in [5, 5.41) is 0. The molecule has 0 aliphatic carbocycles. The highest BCUT2D eigenvalue weighted by Crippen LogP contribution is 2.32. The van der Waals surface area contributed by atoms with Crippen LogP contribution in [0, 0.1) is 0 Å². The molecular weight excluding hydrogens is 214 g/mol. The fourth-order valence-electron chi connectivity index (χ4n) is 0.132. The molecule has 0 heterocycles. The normalized spacial score (nSPS) is 12.8. The summed E-state index contributed by atoms with van der Waals surface area (Å²) in [6.45, 7) is 0. The van der Waals surface area contributed by atoms with Crippen molar-refractivity contribution in [3.63, 3.8) is 0 Å². The SMILES string of the molecule is O=C(OSC(F)(F)F)C(F)(F)F. The third kappa shape index (κ3) is 5.10. The summed E-state index contributed by atoms with van der Waals surface area (Å²) in [7, 11) is 0. The maximum Gasteiger partial charge on any atom is 0.492 e. The average Bonchev–Trinajstić information content (AvgIpc) is 1.78. The highest BCUT2D eigenvalue weighted by molar-refractivity contribution is 7.95. The molecule has 0 saturated heterocycles. The van der Waals surface area contributed by atoms with Crippen molar-refractivity contribution < 1.29 is 35.3 Å². The topological polar surface area (TPSA) is 26.3 Å². The third-order valence-corrected chi connectivity index (χ3v) is 0.867. The highest BCUT2D eigenvalue weighted by Gasteiger charge is 2.44. The van der Waals surface area contributed by atoms with Crippen molar-refractivity contribution in [1.29, 1.82) is 0 Å². The second kappa shape index (κ2) is 3.42. The van der Waals surface area contributed by atoms with Gasteiger partial charge in [0.1, 0.15) is 0 Å². The predicted octanol–water partition coefficient (Wildman–Crippen LogP) is 2.26. The first-order valence-electron chi connectivity index (χ1n) is 2.16. The van der Waals surface area contributed by atoms with Gasteiger partial charge in [0.2, 0.25) is 0 Å². The molecule has 0 aliphatic heterocycles. The summed E-state index contributed by atoms with van der Waals surface area (Å²) in [5.41, 5.74) is -5.03. The van der Waals surface area contributed by atoms with E-state index in [9.17, 15) is 31.1 Å². The van der Waals surface area contributed by atoms with Crippen LogP contribution in [0.1, 0.15) is 0 Å². The van der Waals surface area contributed by atoms with Gasteiger partial charge in [-0.05, 0) is 0 Å². The van der Waals surface area contributed by atoms with Gasteiger partial charge in [0.05, 0.1) is 0 Å². The lowest BCUT2D eigenvalue weighted by Gasteiger charge is -2.06. The van der Waals surface area contributed by atoms with Crippen molar-refractivity contribution in [1.82, 2.24) is 0 Å². The minimum Gasteiger partial charge on any atom is -0.375 e. The summed E-state index contributed by atoms with van der Waals surface area (Å²) in [6.07, 6.45) is -5.40. The zero-order valence-corrected chi connectivity index (χ0v) is 5.81. The lowest BCUT2D eigenvalue weighted by Crippen LogP contribution is -2.24. The summed E-state index contributed by atoms with van der Waals surface area (Å²) in [6, 6.07) is 0. The molecule has 0 bridgehead atoms. The molecule has 0 aromatic rings. The van der Waals surface area contributed by atoms with Crippen LogP contribution in [0.3, 0.4) is 0 Å². The zero-order valence-electron chi connectivity index (χ0n) is 4.99. The molecule has 0 aliphatic rings. The van der Waals surface area contributed by atoms with Gasteiger partial charge < -0.3 is 4.18 Å². The van der Waals surface area contributed by atoms with Gasteiger partial charge in [0.15, 0.2) is 12.0 Å². The third-order valence-electron chi connectivity index (χ3n) is 0.443. The Morgan fingerprint density at radius 3 is 1.75 bits per heavy atom. The molecule has 2 nitrogen and oxygen atoms in total. The van der Waals surface area contributed by atoms with E-state index >= 15 is 0 Å². The van der Waals surface area contributed by atoms with E-state index in [0.29, 0.717) is 0 Å². The van der Waals surface area contributed by atoms with Gasteiger partial charge in [-0.3, -0.25) is 0 Å². The Morgan fingerprint density at radius 1 is 1.08 bits per heavy atom. The Morgan fingerprint density at radius 2 is 1.50 bits per heavy atom. The summed E-state index contributed by atoms with van der Waals surface area (Å²) >= 11 is -1.50. The lowest BCUT2D eigenvalue weighted by atomic mass is 10.7. The first-order valence-corrected chi connectivity index (χ1v) is 2.90. The summed E-state index contributed by atoms with van der Waals surface area (Å²) < 4.78 is 69.7. The van der Waals surface area contributed by atoms with E-state index < -0.39 is 29.7 Å². The fourth-order valence-corrected chi connectivity index (χ4v) is 0.397. The number of halogens is 6. The van der Waals surface area contributed by atoms with E-state index in [2.05, 4.69) is 4.18 Å². The van der Waals surface area contributed by atoms with Crippen molar-refractivity contribution >= 4 is 18.0 Å². The molecule has 0 rings (SSSR count). The van der Waals surface area contributed by atoms with Crippen LogP contribution in [0.2, 0.25) is 0 Å². The molecule has 0 spiro atoms. The number of hydrogen-bond donors (Lipinski definition) is 0. The maximum absolute atomic E-state index is 11.2. The summed E-state index contributed by atoms with van der Waals surface area (Å²) in [4.78, 5) is 9.64. The van der Waals surface area contributed by atoms with Crippen LogP contribution in [0.25, 0.3) is 0 Å². The minimum atomic E-state index is -5.40. The minimum absolute atomic E-state index is 1.50. The molecule has 0 fully saturated rings. The predicted molar refractivity (Wildman–Crippen MR) is 25.8 cm³/mol. The molecular formula is C3F6O2S. The molecule has 0 saturated carbocycles. The van der Waals surface area contributed by atoms with E-state index in [1.165, 1.54) is 0 Å². The Balaban J connectivity index is 3.90. The van der Waals surface area contributed by atoms with Crippen molar-refractivity contribution in [2.45, 2.75) is 11.7 Å². The second-order valence-electron chi connectivity index (χ2n) is 1.40. The van der Waals surface area contributed by atoms with E-state index in [0.717, 1.165) is 0 Å². The first kappa shape index (κ1) is 11.4. The van der Waals surface area contributed by atoms with Crippen LogP contribution >= 0.6 is 12.0 Å². The van der Waals surface area contributed by atoms with Crippen molar-refractivity contribution in [3.8, 4) is 0 Å². The van der Waals surface area contributed by atoms with Crippen LogP contribution in [-0.2, 0) is 8.98 Å². The molecule has 0 aromatic heterocycles. The van der Waals surface area contributed by atoms with Gasteiger partial charge in [-0.15, -0.1) is 0 Å². The quantitative estimate of drug-likeness (QED) is 0.494. The monoisotopic (exact) mass is 214 g/mol. The van der Waals surface area contributed by atoms with Gasteiger partial charge in [-0.25, -0.2) is 4.79 Å². The zero-order chi connectivity index (χ0) is 9.99. The molecule has 0 aromatic carbocycles. The molecule has 0 unspecified atom stereocenters. The van der Waals surface area contributed by atoms with Gasteiger partial charge in [0, 0.05) is 0 Å². The Labute approximate surface area is 66.1 Å². The van der Waals surface area contributed by atoms with Gasteiger partial charge in [-0.1, -0.05) is 0 Å². The highest BCUT2D eigenvalue weighted by atomic mass is 32.2. The van der Waals surface area contributed by atoms with Crippen molar-refractivity contribution in [2.75, 3.05) is 0 Å². The van der Waals surface area contributed by atoms with E-state index in [1.807, 2.05) is 0 Å². The number of carbonyl (C=O) groups excluding carboxylic acids is 1. The molecule has 0 atom stereocenters. The maximum atomic E-state index is 11.2. The number of hydrogen-bond acceptors (Lipinski definition) is 3. The molecule has 0 radical (unpaired) electrons. The Hall–Kier alpha value is -0.600. The van der Waals surface area contributed by atoms with Crippen molar-refractivity contribution in [2.24, 2.45) is 0 Å². The first-order chi connectivity index (χ1) is 5.13. The molecule has 0 amide bonds. The standard InChI is InChI=1S/C3F6O2S/c4-2(5,6)1(10)11-12-3(7,8)9. The molecule has 0 N–H and O–H groups in total. The van der Waals surface area contributed by atoms with Crippen LogP contribution < -0.4 is 0 Å². The Bertz CT molecular complexity index is 171. The van der Waals surface area contributed by atoms with Gasteiger partial charge in [0.25, 0.3) is 0 Å². The van der Waals surface area contributed by atoms with Crippen LogP contribution in [0.15, 0.2) is 0 Å². The smallest absolute Gasteiger partial charge is 0.375 e. The van der Waals surface area contributed by atoms with E-state index in [1.54, 1.807) is 0 Å². The van der Waals surface area contributed by atoms with Gasteiger partial charge in [-0.2, -0.15) is 26.3 Å². The lowest BCUT2D eigenvalue weighted by molar-refractivity contribution is -0.189. The summed E-state index contributed by atoms with van der Waals surface area (Å²) in [5.74, 6) is -2.88. The largest absolute Gasteiger partial charge is 0.492 e. The number of alkyl halides is 6. The van der Waals surface area contributed by atoms with E-state index in [-0.39, 0.29) is 0 Å². The number of rotatable bonds is 1. The van der Waals surface area contributed by atoms with Crippen LogP contribution in [0.4, 0.5) is 26.3 Å². The second-order valence-corrected chi connectivity index (χ2v) is 2.19. The number of carbonyl (C=O) groups is 1. The molecule has 12 heavy (non-hydrogen) atoms. The average molecular weight is 214 g/mol. The van der Waals surface area contributed by atoms with Crippen LogP contribution in [-0.4, -0.2) is 17.7 Å².